The minimum atomic E-state index is -0.593. The molecule has 168 valence electrons. The van der Waals surface area contributed by atoms with Crippen molar-refractivity contribution in [3.63, 3.8) is 0 Å². The van der Waals surface area contributed by atoms with Crippen molar-refractivity contribution in [2.24, 2.45) is 0 Å². The summed E-state index contributed by atoms with van der Waals surface area (Å²) in [4.78, 5) is 33.1. The molecule has 0 aliphatic heterocycles. The van der Waals surface area contributed by atoms with Crippen LogP contribution >= 0.6 is 0 Å². The first-order valence-electron chi connectivity index (χ1n) is 10.4. The third kappa shape index (κ3) is 5.17. The van der Waals surface area contributed by atoms with Crippen molar-refractivity contribution in [3.05, 3.63) is 83.6 Å². The lowest BCUT2D eigenvalue weighted by molar-refractivity contribution is 0.0388. The van der Waals surface area contributed by atoms with E-state index >= 15 is 0 Å². The molecule has 0 atom stereocenters. The fraction of sp³-hybridized carbons (Fsp3) is 0.200. The summed E-state index contributed by atoms with van der Waals surface area (Å²) in [6.45, 7) is 3.43. The summed E-state index contributed by atoms with van der Waals surface area (Å²) in [7, 11) is 0. The topological polar surface area (TPSA) is 105 Å². The number of benzene rings is 2. The monoisotopic (exact) mass is 446 g/mol. The van der Waals surface area contributed by atoms with E-state index in [0.29, 0.717) is 29.7 Å². The number of oxazole rings is 2. The Labute approximate surface area is 190 Å². The van der Waals surface area contributed by atoms with Gasteiger partial charge in [-0.3, -0.25) is 0 Å². The first kappa shape index (κ1) is 22.0. The highest BCUT2D eigenvalue weighted by Gasteiger charge is 2.21. The largest absolute Gasteiger partial charge is 0.461 e. The van der Waals surface area contributed by atoms with Crippen molar-refractivity contribution in [1.29, 1.82) is 0 Å². The lowest BCUT2D eigenvalue weighted by Crippen LogP contribution is -2.12. The molecular weight excluding hydrogens is 424 g/mol. The Kier molecular flexibility index (Phi) is 6.64. The number of rotatable bonds is 8. The van der Waals surface area contributed by atoms with Gasteiger partial charge in [0.1, 0.15) is 11.5 Å². The van der Waals surface area contributed by atoms with Crippen LogP contribution < -0.4 is 0 Å². The molecule has 0 unspecified atom stereocenters. The molecule has 8 heteroatoms. The second-order valence-electron chi connectivity index (χ2n) is 7.21. The van der Waals surface area contributed by atoms with E-state index in [-0.39, 0.29) is 24.6 Å². The summed E-state index contributed by atoms with van der Waals surface area (Å²) in [5.74, 6) is 0.273. The molecule has 0 N–H and O–H groups in total. The van der Waals surface area contributed by atoms with Gasteiger partial charge in [0.05, 0.1) is 13.2 Å². The summed E-state index contributed by atoms with van der Waals surface area (Å²) in [5.41, 5.74) is 1.78. The zero-order chi connectivity index (χ0) is 23.2. The highest BCUT2D eigenvalue weighted by molar-refractivity contribution is 5.89. The molecule has 0 spiro atoms. The number of carbonyl (C=O) groups excluding carboxylic acids is 2. The van der Waals surface area contributed by atoms with Gasteiger partial charge < -0.3 is 18.3 Å². The highest BCUT2D eigenvalue weighted by atomic mass is 16.5. The van der Waals surface area contributed by atoms with Crippen LogP contribution in [-0.4, -0.2) is 35.1 Å². The van der Waals surface area contributed by atoms with Crippen LogP contribution in [0.1, 0.15) is 38.9 Å². The summed E-state index contributed by atoms with van der Waals surface area (Å²) in [6.07, 6.45) is 0.322. The maximum Gasteiger partial charge on any atom is 0.360 e. The van der Waals surface area contributed by atoms with Gasteiger partial charge in [-0.05, 0) is 38.1 Å². The molecule has 0 fully saturated rings. The minimum absolute atomic E-state index is 0.0617. The number of aryl methyl sites for hydroxylation is 2. The molecule has 0 radical (unpaired) electrons. The molecule has 0 saturated carbocycles. The smallest absolute Gasteiger partial charge is 0.360 e. The second-order valence-corrected chi connectivity index (χ2v) is 7.21. The van der Waals surface area contributed by atoms with Crippen LogP contribution in [0.15, 0.2) is 69.5 Å². The lowest BCUT2D eigenvalue weighted by atomic mass is 10.2. The third-order valence-corrected chi connectivity index (χ3v) is 4.78. The van der Waals surface area contributed by atoms with Gasteiger partial charge in [-0.1, -0.05) is 36.4 Å². The predicted molar refractivity (Wildman–Crippen MR) is 119 cm³/mol. The molecule has 0 aliphatic rings. The normalized spacial score (nSPS) is 10.7. The Hall–Kier alpha value is -4.20. The van der Waals surface area contributed by atoms with E-state index in [4.69, 9.17) is 18.3 Å². The van der Waals surface area contributed by atoms with Gasteiger partial charge >= 0.3 is 11.9 Å². The molecule has 33 heavy (non-hydrogen) atoms. The molecule has 0 saturated heterocycles. The number of carbonyl (C=O) groups is 2. The first-order valence-corrected chi connectivity index (χ1v) is 10.4. The van der Waals surface area contributed by atoms with Crippen LogP contribution in [0.5, 0.6) is 0 Å². The SMILES string of the molecule is Cc1oc(-c2ccccc2)nc1C(=O)OCCCOC(=O)c1nc(-c2ccccc2)oc1C. The van der Waals surface area contributed by atoms with Crippen molar-refractivity contribution in [3.8, 4) is 22.9 Å². The number of hydrogen-bond donors (Lipinski definition) is 0. The third-order valence-electron chi connectivity index (χ3n) is 4.78. The van der Waals surface area contributed by atoms with Crippen molar-refractivity contribution in [2.75, 3.05) is 13.2 Å². The van der Waals surface area contributed by atoms with Crippen LogP contribution in [0, 0.1) is 13.8 Å². The fourth-order valence-electron chi connectivity index (χ4n) is 3.11. The molecule has 4 aromatic rings. The Morgan fingerprint density at radius 3 is 1.48 bits per heavy atom. The van der Waals surface area contributed by atoms with E-state index in [1.807, 2.05) is 60.7 Å². The van der Waals surface area contributed by atoms with E-state index in [2.05, 4.69) is 9.97 Å². The molecule has 0 amide bonds. The van der Waals surface area contributed by atoms with Gasteiger partial charge in [0.15, 0.2) is 11.4 Å². The zero-order valence-corrected chi connectivity index (χ0v) is 18.2. The van der Waals surface area contributed by atoms with E-state index in [1.165, 1.54) is 0 Å². The number of aromatic nitrogens is 2. The van der Waals surface area contributed by atoms with Gasteiger partial charge in [0.2, 0.25) is 11.8 Å². The first-order chi connectivity index (χ1) is 16.0. The molecule has 0 bridgehead atoms. The van der Waals surface area contributed by atoms with E-state index in [9.17, 15) is 9.59 Å². The van der Waals surface area contributed by atoms with Crippen LogP contribution in [0.3, 0.4) is 0 Å². The number of esters is 2. The number of ether oxygens (including phenoxy) is 2. The van der Waals surface area contributed by atoms with Crippen molar-refractivity contribution >= 4 is 11.9 Å². The zero-order valence-electron chi connectivity index (χ0n) is 18.2. The number of nitrogens with zero attached hydrogens (tertiary/aromatic N) is 2. The second kappa shape index (κ2) is 9.95. The van der Waals surface area contributed by atoms with Crippen LogP contribution in [0.4, 0.5) is 0 Å². The van der Waals surface area contributed by atoms with Gasteiger partial charge in [-0.25, -0.2) is 19.6 Å². The van der Waals surface area contributed by atoms with Crippen LogP contribution in [-0.2, 0) is 9.47 Å². The Morgan fingerprint density at radius 1 is 0.697 bits per heavy atom. The molecule has 4 rings (SSSR count). The summed E-state index contributed by atoms with van der Waals surface area (Å²) >= 11 is 0. The van der Waals surface area contributed by atoms with Crippen molar-refractivity contribution in [1.82, 2.24) is 9.97 Å². The average Bonchev–Trinajstić information content (AvgIpc) is 3.42. The molecule has 2 aromatic heterocycles. The van der Waals surface area contributed by atoms with Gasteiger partial charge in [-0.2, -0.15) is 0 Å². The lowest BCUT2D eigenvalue weighted by Gasteiger charge is -2.04. The van der Waals surface area contributed by atoms with Crippen LogP contribution in [0.25, 0.3) is 22.9 Å². The predicted octanol–water partition coefficient (Wildman–Crippen LogP) is 5.02. The molecule has 2 heterocycles. The van der Waals surface area contributed by atoms with Gasteiger partial charge in [0, 0.05) is 17.5 Å². The molecule has 0 aliphatic carbocycles. The molecule has 2 aromatic carbocycles. The molecule has 8 nitrogen and oxygen atoms in total. The standard InChI is InChI=1S/C25H22N2O6/c1-16-20(26-22(32-16)18-10-5-3-6-11-18)24(28)30-14-9-15-31-25(29)21-17(2)33-23(27-21)19-12-7-4-8-13-19/h3-8,10-13H,9,14-15H2,1-2H3. The summed E-state index contributed by atoms with van der Waals surface area (Å²) < 4.78 is 21.6. The Bertz CT molecular complexity index is 1150. The quantitative estimate of drug-likeness (QED) is 0.275. The number of hydrogen-bond acceptors (Lipinski definition) is 8. The van der Waals surface area contributed by atoms with Gasteiger partial charge in [0.25, 0.3) is 0 Å². The van der Waals surface area contributed by atoms with Crippen molar-refractivity contribution in [2.45, 2.75) is 20.3 Å². The summed E-state index contributed by atoms with van der Waals surface area (Å²) in [5, 5.41) is 0. The van der Waals surface area contributed by atoms with Crippen molar-refractivity contribution < 1.29 is 27.9 Å². The van der Waals surface area contributed by atoms with E-state index in [0.717, 1.165) is 11.1 Å². The Morgan fingerprint density at radius 2 is 1.09 bits per heavy atom. The minimum Gasteiger partial charge on any atom is -0.461 e. The average molecular weight is 446 g/mol. The van der Waals surface area contributed by atoms with Gasteiger partial charge in [-0.15, -0.1) is 0 Å². The Balaban J connectivity index is 1.26. The fourth-order valence-corrected chi connectivity index (χ4v) is 3.11. The van der Waals surface area contributed by atoms with E-state index < -0.39 is 11.9 Å². The highest BCUT2D eigenvalue weighted by Crippen LogP contribution is 2.23. The van der Waals surface area contributed by atoms with Crippen LogP contribution in [0.2, 0.25) is 0 Å². The maximum absolute atomic E-state index is 12.3. The molecular formula is C25H22N2O6. The maximum atomic E-state index is 12.3. The van der Waals surface area contributed by atoms with E-state index in [1.54, 1.807) is 13.8 Å². The summed E-state index contributed by atoms with van der Waals surface area (Å²) in [6, 6.07) is 18.6.